The van der Waals surface area contributed by atoms with Gasteiger partial charge in [0.25, 0.3) is 0 Å². The van der Waals surface area contributed by atoms with E-state index in [0.29, 0.717) is 18.5 Å². The summed E-state index contributed by atoms with van der Waals surface area (Å²) < 4.78 is 32.8. The van der Waals surface area contributed by atoms with Crippen LogP contribution in [0.15, 0.2) is 54.9 Å². The third kappa shape index (κ3) is 4.42. The highest BCUT2D eigenvalue weighted by molar-refractivity contribution is 6.16. The number of hydrogen-bond acceptors (Lipinski definition) is 6. The van der Waals surface area contributed by atoms with Crippen molar-refractivity contribution >= 4 is 29.0 Å². The first kappa shape index (κ1) is 20.2. The smallest absolute Gasteiger partial charge is 0.240 e. The molecule has 4 rings (SSSR count). The second-order valence-corrected chi connectivity index (χ2v) is 7.03. The van der Waals surface area contributed by atoms with Gasteiger partial charge in [-0.3, -0.25) is 9.59 Å². The van der Waals surface area contributed by atoms with Gasteiger partial charge in [-0.05, 0) is 49.2 Å². The minimum absolute atomic E-state index is 0.0672. The Morgan fingerprint density at radius 2 is 1.58 bits per heavy atom. The summed E-state index contributed by atoms with van der Waals surface area (Å²) >= 11 is 0. The highest BCUT2D eigenvalue weighted by atomic mass is 19.1. The number of nitrogens with zero attached hydrogens (tertiary/aromatic N) is 2. The van der Waals surface area contributed by atoms with E-state index in [1.54, 1.807) is 0 Å². The molecule has 2 aromatic carbocycles. The van der Waals surface area contributed by atoms with Crippen LogP contribution in [0.5, 0.6) is 11.6 Å². The molecule has 158 valence electrons. The van der Waals surface area contributed by atoms with Crippen LogP contribution in [0.1, 0.15) is 12.8 Å². The lowest BCUT2D eigenvalue weighted by Gasteiger charge is -2.16. The lowest BCUT2D eigenvalue weighted by atomic mass is 10.0. The number of ether oxygens (including phenoxy) is 1. The summed E-state index contributed by atoms with van der Waals surface area (Å²) in [4.78, 5) is 32.8. The predicted octanol–water partition coefficient (Wildman–Crippen LogP) is 3.49. The highest BCUT2D eigenvalue weighted by Crippen LogP contribution is 2.47. The molecule has 0 unspecified atom stereocenters. The van der Waals surface area contributed by atoms with Crippen LogP contribution in [-0.2, 0) is 9.59 Å². The van der Waals surface area contributed by atoms with Gasteiger partial charge in [0.2, 0.25) is 17.7 Å². The second kappa shape index (κ2) is 7.98. The maximum absolute atomic E-state index is 14.4. The molecule has 1 aliphatic carbocycles. The fourth-order valence-electron chi connectivity index (χ4n) is 2.90. The van der Waals surface area contributed by atoms with Crippen LogP contribution in [0.2, 0.25) is 0 Å². The van der Waals surface area contributed by atoms with E-state index >= 15 is 0 Å². The normalized spacial score (nSPS) is 13.9. The summed E-state index contributed by atoms with van der Waals surface area (Å²) in [6.07, 6.45) is 1.89. The summed E-state index contributed by atoms with van der Waals surface area (Å²) in [7, 11) is 0. The number of carbonyl (C=O) groups is 2. The van der Waals surface area contributed by atoms with Crippen molar-refractivity contribution in [3.63, 3.8) is 0 Å². The Kier molecular flexibility index (Phi) is 5.20. The molecule has 3 aromatic rings. The van der Waals surface area contributed by atoms with Crippen molar-refractivity contribution in [2.75, 3.05) is 16.4 Å². The van der Waals surface area contributed by atoms with Gasteiger partial charge < -0.3 is 21.1 Å². The first-order chi connectivity index (χ1) is 14.9. The number of rotatable bonds is 6. The molecule has 1 aromatic heterocycles. The minimum atomic E-state index is -1.25. The summed E-state index contributed by atoms with van der Waals surface area (Å²) in [6, 6.07) is 10.4. The second-order valence-electron chi connectivity index (χ2n) is 7.03. The van der Waals surface area contributed by atoms with Crippen molar-refractivity contribution in [2.24, 2.45) is 5.41 Å². The van der Waals surface area contributed by atoms with Crippen molar-refractivity contribution in [1.29, 1.82) is 0 Å². The van der Waals surface area contributed by atoms with Gasteiger partial charge in [0.15, 0.2) is 11.6 Å². The third-order valence-electron chi connectivity index (χ3n) is 4.79. The Labute approximate surface area is 175 Å². The Bertz CT molecular complexity index is 1150. The van der Waals surface area contributed by atoms with Gasteiger partial charge in [-0.25, -0.2) is 18.7 Å². The van der Waals surface area contributed by atoms with Gasteiger partial charge in [-0.2, -0.15) is 0 Å². The maximum Gasteiger partial charge on any atom is 0.240 e. The molecule has 0 spiro atoms. The number of benzene rings is 2. The highest BCUT2D eigenvalue weighted by Gasteiger charge is 2.56. The number of amides is 2. The minimum Gasteiger partial charge on any atom is -0.436 e. The van der Waals surface area contributed by atoms with Gasteiger partial charge in [0.1, 0.15) is 23.4 Å². The molecular formula is C21H17F2N5O3. The number of aromatic nitrogens is 2. The number of nitrogens with two attached hydrogens (primary N) is 1. The maximum atomic E-state index is 14.4. The standard InChI is InChI=1S/C21H17F2N5O3/c22-12-1-3-13(4-2-12)27-19(29)21(7-8-21)20(30)28-14-5-6-16(15(23)9-14)31-18-10-17(24)25-11-26-18/h1-6,9-11H,7-8H2,(H,27,29)(H,28,30)(H2,24,25,26). The molecule has 1 aliphatic rings. The van der Waals surface area contributed by atoms with Crippen LogP contribution in [0, 0.1) is 17.0 Å². The Balaban J connectivity index is 1.42. The van der Waals surface area contributed by atoms with Gasteiger partial charge in [-0.1, -0.05) is 0 Å². The number of anilines is 3. The summed E-state index contributed by atoms with van der Waals surface area (Å²) in [5.41, 5.74) is 4.83. The van der Waals surface area contributed by atoms with Crippen molar-refractivity contribution in [3.05, 3.63) is 66.5 Å². The summed E-state index contributed by atoms with van der Waals surface area (Å²) in [6.45, 7) is 0. The molecule has 0 aliphatic heterocycles. The van der Waals surface area contributed by atoms with E-state index in [1.807, 2.05) is 0 Å². The predicted molar refractivity (Wildman–Crippen MR) is 108 cm³/mol. The Hall–Kier alpha value is -4.08. The van der Waals surface area contributed by atoms with Gasteiger partial charge >= 0.3 is 0 Å². The monoisotopic (exact) mass is 425 g/mol. The van der Waals surface area contributed by atoms with Crippen molar-refractivity contribution < 1.29 is 23.1 Å². The van der Waals surface area contributed by atoms with E-state index < -0.39 is 28.9 Å². The van der Waals surface area contributed by atoms with E-state index in [9.17, 15) is 18.4 Å². The average Bonchev–Trinajstić information content (AvgIpc) is 3.54. The molecule has 0 atom stereocenters. The molecule has 1 saturated carbocycles. The van der Waals surface area contributed by atoms with Crippen LogP contribution in [-0.4, -0.2) is 21.8 Å². The lowest BCUT2D eigenvalue weighted by Crippen LogP contribution is -2.35. The largest absolute Gasteiger partial charge is 0.436 e. The van der Waals surface area contributed by atoms with Crippen LogP contribution in [0.4, 0.5) is 26.0 Å². The van der Waals surface area contributed by atoms with E-state index in [-0.39, 0.29) is 23.1 Å². The zero-order valence-corrected chi connectivity index (χ0v) is 16.1. The van der Waals surface area contributed by atoms with Crippen LogP contribution in [0.25, 0.3) is 0 Å². The first-order valence-electron chi connectivity index (χ1n) is 9.29. The third-order valence-corrected chi connectivity index (χ3v) is 4.79. The molecule has 1 fully saturated rings. The molecule has 0 saturated heterocycles. The Morgan fingerprint density at radius 1 is 0.935 bits per heavy atom. The van der Waals surface area contributed by atoms with Crippen LogP contribution < -0.4 is 21.1 Å². The number of hydrogen-bond donors (Lipinski definition) is 3. The SMILES string of the molecule is Nc1cc(Oc2ccc(NC(=O)C3(C(=O)Nc4ccc(F)cc4)CC3)cc2F)ncn1. The lowest BCUT2D eigenvalue weighted by molar-refractivity contribution is -0.131. The molecule has 2 amide bonds. The van der Waals surface area contributed by atoms with Crippen molar-refractivity contribution in [1.82, 2.24) is 9.97 Å². The molecule has 1 heterocycles. The summed E-state index contributed by atoms with van der Waals surface area (Å²) in [5, 5.41) is 5.17. The van der Waals surface area contributed by atoms with Gasteiger partial charge in [-0.15, -0.1) is 0 Å². The Morgan fingerprint density at radius 3 is 2.19 bits per heavy atom. The van der Waals surface area contributed by atoms with Crippen LogP contribution in [0.3, 0.4) is 0 Å². The quantitative estimate of drug-likeness (QED) is 0.520. The average molecular weight is 425 g/mol. The molecule has 8 nitrogen and oxygen atoms in total. The molecule has 0 radical (unpaired) electrons. The van der Waals surface area contributed by atoms with Crippen molar-refractivity contribution in [3.8, 4) is 11.6 Å². The van der Waals surface area contributed by atoms with E-state index in [2.05, 4.69) is 20.6 Å². The topological polar surface area (TPSA) is 119 Å². The molecule has 0 bridgehead atoms. The number of nitrogens with one attached hydrogen (secondary N) is 2. The van der Waals surface area contributed by atoms with Crippen molar-refractivity contribution in [2.45, 2.75) is 12.8 Å². The number of carbonyl (C=O) groups excluding carboxylic acids is 2. The zero-order chi connectivity index (χ0) is 22.0. The van der Waals surface area contributed by atoms with Gasteiger partial charge in [0.05, 0.1) is 0 Å². The molecule has 10 heteroatoms. The number of nitrogen functional groups attached to an aromatic ring is 1. The van der Waals surface area contributed by atoms with Crippen LogP contribution >= 0.6 is 0 Å². The first-order valence-corrected chi connectivity index (χ1v) is 9.29. The molecule has 31 heavy (non-hydrogen) atoms. The molecular weight excluding hydrogens is 408 g/mol. The molecule has 4 N–H and O–H groups in total. The fourth-order valence-corrected chi connectivity index (χ4v) is 2.90. The summed E-state index contributed by atoms with van der Waals surface area (Å²) in [5.74, 6) is -2.11. The fraction of sp³-hybridized carbons (Fsp3) is 0.143. The van der Waals surface area contributed by atoms with Gasteiger partial charge in [0, 0.05) is 23.5 Å². The van der Waals surface area contributed by atoms with E-state index in [0.717, 1.165) is 6.07 Å². The number of halogens is 2. The zero-order valence-electron chi connectivity index (χ0n) is 16.1. The van der Waals surface area contributed by atoms with E-state index in [1.165, 1.54) is 48.8 Å². The van der Waals surface area contributed by atoms with E-state index in [4.69, 9.17) is 10.5 Å².